The fourth-order valence-electron chi connectivity index (χ4n) is 2.29. The summed E-state index contributed by atoms with van der Waals surface area (Å²) in [6, 6.07) is 10.7. The molecule has 0 fully saturated rings. The first-order chi connectivity index (χ1) is 11.2. The topological polar surface area (TPSA) is 62.5 Å². The molecule has 0 saturated heterocycles. The third-order valence-electron chi connectivity index (χ3n) is 3.73. The van der Waals surface area contributed by atoms with Crippen molar-refractivity contribution < 1.29 is 4.52 Å². The van der Waals surface area contributed by atoms with Gasteiger partial charge in [0, 0.05) is 19.7 Å². The molecule has 0 saturated carbocycles. The van der Waals surface area contributed by atoms with Crippen molar-refractivity contribution >= 4 is 29.9 Å². The Morgan fingerprint density at radius 2 is 1.92 bits per heavy atom. The smallest absolute Gasteiger partial charge is 0.191 e. The van der Waals surface area contributed by atoms with Crippen molar-refractivity contribution in [2.45, 2.75) is 39.2 Å². The molecule has 0 amide bonds. The van der Waals surface area contributed by atoms with Gasteiger partial charge in [-0.3, -0.25) is 4.99 Å². The second-order valence-electron chi connectivity index (χ2n) is 5.84. The lowest BCUT2D eigenvalue weighted by molar-refractivity contribution is 0.410. The molecule has 0 bridgehead atoms. The molecule has 5 nitrogen and oxygen atoms in total. The van der Waals surface area contributed by atoms with Gasteiger partial charge in [-0.1, -0.05) is 43.3 Å². The Morgan fingerprint density at radius 1 is 1.17 bits per heavy atom. The van der Waals surface area contributed by atoms with Gasteiger partial charge in [-0.2, -0.15) is 0 Å². The van der Waals surface area contributed by atoms with Crippen molar-refractivity contribution in [3.8, 4) is 0 Å². The first-order valence-electron chi connectivity index (χ1n) is 8.11. The number of aliphatic imine (C=N–C) groups is 1. The second-order valence-corrected chi connectivity index (χ2v) is 5.84. The molecular weight excluding hydrogens is 415 g/mol. The molecule has 0 spiro atoms. The molecular formula is C18H27IN4O. The van der Waals surface area contributed by atoms with Gasteiger partial charge in [-0.15, -0.1) is 24.0 Å². The largest absolute Gasteiger partial charge is 0.364 e. The van der Waals surface area contributed by atoms with E-state index in [0.29, 0.717) is 12.5 Å². The number of hydrogen-bond acceptors (Lipinski definition) is 3. The molecule has 132 valence electrons. The third-order valence-corrected chi connectivity index (χ3v) is 3.73. The Bertz CT molecular complexity index is 594. The van der Waals surface area contributed by atoms with E-state index in [1.165, 1.54) is 11.1 Å². The van der Waals surface area contributed by atoms with E-state index in [-0.39, 0.29) is 24.0 Å². The molecule has 0 radical (unpaired) electrons. The van der Waals surface area contributed by atoms with E-state index in [0.717, 1.165) is 31.0 Å². The van der Waals surface area contributed by atoms with Crippen molar-refractivity contribution in [2.24, 2.45) is 4.99 Å². The van der Waals surface area contributed by atoms with Crippen LogP contribution >= 0.6 is 24.0 Å². The minimum Gasteiger partial charge on any atom is -0.364 e. The molecule has 0 atom stereocenters. The van der Waals surface area contributed by atoms with Crippen LogP contribution in [0.5, 0.6) is 0 Å². The zero-order chi connectivity index (χ0) is 16.5. The first kappa shape index (κ1) is 20.5. The van der Waals surface area contributed by atoms with Crippen LogP contribution in [0.25, 0.3) is 0 Å². The minimum atomic E-state index is 0. The van der Waals surface area contributed by atoms with Crippen molar-refractivity contribution in [3.05, 3.63) is 53.4 Å². The Labute approximate surface area is 161 Å². The van der Waals surface area contributed by atoms with Crippen molar-refractivity contribution in [2.75, 3.05) is 13.6 Å². The van der Waals surface area contributed by atoms with Crippen molar-refractivity contribution in [3.63, 3.8) is 0 Å². The molecule has 0 unspecified atom stereocenters. The number of rotatable bonds is 7. The molecule has 0 aliphatic heterocycles. The van der Waals surface area contributed by atoms with Gasteiger partial charge in [0.15, 0.2) is 5.96 Å². The van der Waals surface area contributed by atoms with Gasteiger partial charge in [0.2, 0.25) is 0 Å². The molecule has 6 heteroatoms. The molecule has 0 aliphatic carbocycles. The Morgan fingerprint density at radius 3 is 2.50 bits per heavy atom. The molecule has 2 aromatic rings. The monoisotopic (exact) mass is 442 g/mol. The number of guanidine groups is 1. The van der Waals surface area contributed by atoms with Gasteiger partial charge < -0.3 is 15.2 Å². The molecule has 24 heavy (non-hydrogen) atoms. The zero-order valence-electron chi connectivity index (χ0n) is 14.6. The van der Waals surface area contributed by atoms with Gasteiger partial charge in [0.05, 0.1) is 6.54 Å². The normalized spacial score (nSPS) is 11.2. The van der Waals surface area contributed by atoms with E-state index < -0.39 is 0 Å². The molecule has 1 aromatic carbocycles. The lowest BCUT2D eigenvalue weighted by atomic mass is 10.0. The van der Waals surface area contributed by atoms with E-state index in [4.69, 9.17) is 4.52 Å². The highest BCUT2D eigenvalue weighted by molar-refractivity contribution is 14.0. The Balaban J connectivity index is 0.00000288. The molecule has 2 rings (SSSR count). The summed E-state index contributed by atoms with van der Waals surface area (Å²) >= 11 is 0. The van der Waals surface area contributed by atoms with Crippen LogP contribution in [-0.4, -0.2) is 24.7 Å². The van der Waals surface area contributed by atoms with Crippen LogP contribution in [0.1, 0.15) is 43.0 Å². The zero-order valence-corrected chi connectivity index (χ0v) is 16.9. The van der Waals surface area contributed by atoms with Crippen molar-refractivity contribution in [1.82, 2.24) is 15.8 Å². The van der Waals surface area contributed by atoms with Crippen molar-refractivity contribution in [1.29, 1.82) is 0 Å². The van der Waals surface area contributed by atoms with E-state index in [2.05, 4.69) is 58.9 Å². The molecule has 1 aromatic heterocycles. The number of aryl methyl sites for hydroxylation is 1. The maximum atomic E-state index is 4.80. The van der Waals surface area contributed by atoms with E-state index in [9.17, 15) is 0 Å². The van der Waals surface area contributed by atoms with Gasteiger partial charge in [-0.05, 0) is 29.9 Å². The highest BCUT2D eigenvalue weighted by Gasteiger charge is 2.01. The summed E-state index contributed by atoms with van der Waals surface area (Å²) in [4.78, 5) is 4.20. The second kappa shape index (κ2) is 11.1. The van der Waals surface area contributed by atoms with E-state index in [1.54, 1.807) is 13.3 Å². The van der Waals surface area contributed by atoms with Crippen LogP contribution in [0, 0.1) is 0 Å². The van der Waals surface area contributed by atoms with E-state index in [1.807, 2.05) is 6.07 Å². The number of aromatic nitrogens is 1. The molecule has 1 heterocycles. The maximum absolute atomic E-state index is 4.80. The van der Waals surface area contributed by atoms with Gasteiger partial charge in [-0.25, -0.2) is 0 Å². The number of hydrogen-bond donors (Lipinski definition) is 2. The lowest BCUT2D eigenvalue weighted by Gasteiger charge is -2.11. The van der Waals surface area contributed by atoms with Crippen LogP contribution in [0.3, 0.4) is 0 Å². The van der Waals surface area contributed by atoms with Crippen LogP contribution in [0.2, 0.25) is 0 Å². The Hall–Kier alpha value is -1.57. The average Bonchev–Trinajstić information content (AvgIpc) is 3.08. The Kier molecular flexibility index (Phi) is 9.44. The summed E-state index contributed by atoms with van der Waals surface area (Å²) in [6.07, 6.45) is 3.69. The number of benzene rings is 1. The summed E-state index contributed by atoms with van der Waals surface area (Å²) in [7, 11) is 1.77. The summed E-state index contributed by atoms with van der Waals surface area (Å²) in [6.45, 7) is 5.92. The minimum absolute atomic E-state index is 0. The van der Waals surface area contributed by atoms with Crippen LogP contribution in [-0.2, 0) is 13.0 Å². The highest BCUT2D eigenvalue weighted by atomic mass is 127. The standard InChI is InChI=1S/C18H26N4O.HI/c1-14(2)16-8-6-15(7-9-16)5-4-11-20-18(19-3)21-13-17-10-12-23-22-17;/h6-10,12,14H,4-5,11,13H2,1-3H3,(H2,19,20,21);1H. The predicted molar refractivity (Wildman–Crippen MR) is 109 cm³/mol. The average molecular weight is 442 g/mol. The predicted octanol–water partition coefficient (Wildman–Crippen LogP) is 3.71. The molecule has 0 aliphatic rings. The van der Waals surface area contributed by atoms with Crippen LogP contribution < -0.4 is 10.6 Å². The van der Waals surface area contributed by atoms with Gasteiger partial charge in [0.1, 0.15) is 12.0 Å². The van der Waals surface area contributed by atoms with E-state index >= 15 is 0 Å². The fraction of sp³-hybridized carbons (Fsp3) is 0.444. The summed E-state index contributed by atoms with van der Waals surface area (Å²) < 4.78 is 4.80. The number of nitrogens with zero attached hydrogens (tertiary/aromatic N) is 2. The van der Waals surface area contributed by atoms with Crippen LogP contribution in [0.15, 0.2) is 46.1 Å². The third kappa shape index (κ3) is 6.90. The maximum Gasteiger partial charge on any atom is 0.191 e. The summed E-state index contributed by atoms with van der Waals surface area (Å²) in [5.41, 5.74) is 3.63. The highest BCUT2D eigenvalue weighted by Crippen LogP contribution is 2.15. The fourth-order valence-corrected chi connectivity index (χ4v) is 2.29. The molecule has 2 N–H and O–H groups in total. The first-order valence-corrected chi connectivity index (χ1v) is 8.11. The lowest BCUT2D eigenvalue weighted by Crippen LogP contribution is -2.37. The quantitative estimate of drug-likeness (QED) is 0.297. The number of nitrogens with one attached hydrogen (secondary N) is 2. The summed E-state index contributed by atoms with van der Waals surface area (Å²) in [5, 5.41) is 10.4. The van der Waals surface area contributed by atoms with Gasteiger partial charge in [0.25, 0.3) is 0 Å². The number of halogens is 1. The van der Waals surface area contributed by atoms with Gasteiger partial charge >= 0.3 is 0 Å². The summed E-state index contributed by atoms with van der Waals surface area (Å²) in [5.74, 6) is 1.37. The van der Waals surface area contributed by atoms with Crippen LogP contribution in [0.4, 0.5) is 0 Å². The SMILES string of the molecule is CN=C(NCCCc1ccc(C(C)C)cc1)NCc1ccon1.I.